The van der Waals surface area contributed by atoms with E-state index >= 15 is 0 Å². The number of nitrogens with zero attached hydrogens (tertiary/aromatic N) is 3. The van der Waals surface area contributed by atoms with Crippen molar-refractivity contribution in [2.45, 2.75) is 19.4 Å². The summed E-state index contributed by atoms with van der Waals surface area (Å²) in [7, 11) is 0. The van der Waals surface area contributed by atoms with E-state index in [1.807, 2.05) is 12.1 Å². The van der Waals surface area contributed by atoms with Gasteiger partial charge in [0, 0.05) is 24.3 Å². The lowest BCUT2D eigenvalue weighted by Gasteiger charge is -2.20. The lowest BCUT2D eigenvalue weighted by Crippen LogP contribution is -2.30. The third-order valence-corrected chi connectivity index (χ3v) is 4.66. The highest BCUT2D eigenvalue weighted by Crippen LogP contribution is 2.23. The Morgan fingerprint density at radius 2 is 2.28 bits per heavy atom. The summed E-state index contributed by atoms with van der Waals surface area (Å²) in [5, 5.41) is 3.85. The zero-order chi connectivity index (χ0) is 17.6. The second kappa shape index (κ2) is 8.13. The molecule has 8 heteroatoms. The molecule has 6 nitrogen and oxygen atoms in total. The van der Waals surface area contributed by atoms with Crippen LogP contribution in [0.3, 0.4) is 0 Å². The average Bonchev–Trinajstić information content (AvgIpc) is 3.33. The van der Waals surface area contributed by atoms with E-state index in [2.05, 4.69) is 16.7 Å². The van der Waals surface area contributed by atoms with Crippen molar-refractivity contribution in [2.24, 2.45) is 0 Å². The molecule has 0 saturated heterocycles. The minimum atomic E-state index is -0.0119. The Bertz CT molecular complexity index is 841. The van der Waals surface area contributed by atoms with Crippen LogP contribution in [-0.2, 0) is 17.8 Å². The first-order valence-electron chi connectivity index (χ1n) is 7.65. The number of rotatable bonds is 8. The molecule has 1 amide bonds. The molecule has 0 aliphatic rings. The molecule has 25 heavy (non-hydrogen) atoms. The van der Waals surface area contributed by atoms with Crippen LogP contribution >= 0.6 is 22.9 Å². The highest BCUT2D eigenvalue weighted by molar-refractivity contribution is 7.16. The first-order valence-corrected chi connectivity index (χ1v) is 8.84. The molecule has 3 aromatic heterocycles. The third kappa shape index (κ3) is 4.58. The molecule has 0 aliphatic heterocycles. The molecule has 3 aromatic rings. The van der Waals surface area contributed by atoms with Crippen molar-refractivity contribution in [2.75, 3.05) is 6.54 Å². The van der Waals surface area contributed by atoms with Crippen LogP contribution in [0.5, 0.6) is 0 Å². The molecule has 0 aromatic carbocycles. The standard InChI is InChI=1S/C17H16ClN3O3S/c1-2-9-21(11-12-5-6-14(18)25-12)16(22)8-7-15-19-17(20-24-15)13-4-3-10-23-13/h2-6,10H,1,7-9,11H2. The number of thiophene rings is 1. The maximum atomic E-state index is 12.5. The van der Waals surface area contributed by atoms with Crippen LogP contribution in [0.1, 0.15) is 17.2 Å². The van der Waals surface area contributed by atoms with Gasteiger partial charge in [0.1, 0.15) is 0 Å². The largest absolute Gasteiger partial charge is 0.461 e. The summed E-state index contributed by atoms with van der Waals surface area (Å²) < 4.78 is 11.1. The molecule has 0 bridgehead atoms. The second-order valence-electron chi connectivity index (χ2n) is 5.26. The molecular weight excluding hydrogens is 362 g/mol. The third-order valence-electron chi connectivity index (χ3n) is 3.44. The average molecular weight is 378 g/mol. The summed E-state index contributed by atoms with van der Waals surface area (Å²) in [6, 6.07) is 7.24. The zero-order valence-corrected chi connectivity index (χ0v) is 14.9. The molecule has 0 atom stereocenters. The monoisotopic (exact) mass is 377 g/mol. The summed E-state index contributed by atoms with van der Waals surface area (Å²) in [5.74, 6) is 1.30. The number of furan rings is 1. The Morgan fingerprint density at radius 1 is 1.40 bits per heavy atom. The van der Waals surface area contributed by atoms with Gasteiger partial charge in [-0.15, -0.1) is 17.9 Å². The van der Waals surface area contributed by atoms with Crippen LogP contribution in [0.2, 0.25) is 4.34 Å². The van der Waals surface area contributed by atoms with Crippen LogP contribution in [0.4, 0.5) is 0 Å². The maximum absolute atomic E-state index is 12.5. The van der Waals surface area contributed by atoms with E-state index in [4.69, 9.17) is 20.5 Å². The van der Waals surface area contributed by atoms with Crippen LogP contribution in [0.25, 0.3) is 11.6 Å². The topological polar surface area (TPSA) is 72.4 Å². The Balaban J connectivity index is 1.58. The van der Waals surface area contributed by atoms with Gasteiger partial charge in [0.25, 0.3) is 0 Å². The van der Waals surface area contributed by atoms with E-state index < -0.39 is 0 Å². The SMILES string of the molecule is C=CCN(Cc1ccc(Cl)s1)C(=O)CCc1nc(-c2ccco2)no1. The number of aromatic nitrogens is 2. The Morgan fingerprint density at radius 3 is 2.96 bits per heavy atom. The lowest BCUT2D eigenvalue weighted by atomic mass is 10.2. The molecule has 130 valence electrons. The molecule has 0 unspecified atom stereocenters. The number of carbonyl (C=O) groups excluding carboxylic acids is 1. The molecular formula is C17H16ClN3O3S. The number of hydrogen-bond acceptors (Lipinski definition) is 6. The first kappa shape index (κ1) is 17.4. The zero-order valence-electron chi connectivity index (χ0n) is 13.4. The second-order valence-corrected chi connectivity index (χ2v) is 7.06. The van der Waals surface area contributed by atoms with Gasteiger partial charge in [-0.2, -0.15) is 4.98 Å². The van der Waals surface area contributed by atoms with Crippen molar-refractivity contribution < 1.29 is 13.7 Å². The number of amides is 1. The fraction of sp³-hybridized carbons (Fsp3) is 0.235. The van der Waals surface area contributed by atoms with Gasteiger partial charge in [-0.05, 0) is 24.3 Å². The summed E-state index contributed by atoms with van der Waals surface area (Å²) in [5.41, 5.74) is 0. The van der Waals surface area contributed by atoms with Crippen LogP contribution in [0, 0.1) is 0 Å². The van der Waals surface area contributed by atoms with E-state index in [0.29, 0.717) is 41.3 Å². The van der Waals surface area contributed by atoms with Crippen LogP contribution in [-0.4, -0.2) is 27.5 Å². The number of halogens is 1. The minimum absolute atomic E-state index is 0.0119. The molecule has 0 radical (unpaired) electrons. The van der Waals surface area contributed by atoms with Crippen LogP contribution < -0.4 is 0 Å². The fourth-order valence-corrected chi connectivity index (χ4v) is 3.37. The van der Waals surface area contributed by atoms with Crippen molar-refractivity contribution in [1.29, 1.82) is 0 Å². The molecule has 0 spiro atoms. The summed E-state index contributed by atoms with van der Waals surface area (Å²) in [6.45, 7) is 4.68. The van der Waals surface area contributed by atoms with Gasteiger partial charge < -0.3 is 13.8 Å². The number of aryl methyl sites for hydroxylation is 1. The van der Waals surface area contributed by atoms with Crippen molar-refractivity contribution in [3.8, 4) is 11.6 Å². The van der Waals surface area contributed by atoms with Gasteiger partial charge in [0.05, 0.1) is 17.1 Å². The van der Waals surface area contributed by atoms with Crippen LogP contribution in [0.15, 0.2) is 52.1 Å². The first-order chi connectivity index (χ1) is 12.2. The maximum Gasteiger partial charge on any atom is 0.238 e. The smallest absolute Gasteiger partial charge is 0.238 e. The number of hydrogen-bond donors (Lipinski definition) is 0. The Hall–Kier alpha value is -2.38. The van der Waals surface area contributed by atoms with Gasteiger partial charge in [-0.25, -0.2) is 0 Å². The summed E-state index contributed by atoms with van der Waals surface area (Å²) in [6.07, 6.45) is 3.88. The van der Waals surface area contributed by atoms with Gasteiger partial charge in [-0.1, -0.05) is 22.8 Å². The van der Waals surface area contributed by atoms with Crippen molar-refractivity contribution in [3.05, 3.63) is 58.3 Å². The highest BCUT2D eigenvalue weighted by atomic mass is 35.5. The van der Waals surface area contributed by atoms with Gasteiger partial charge in [0.2, 0.25) is 17.6 Å². The predicted octanol–water partition coefficient (Wildman–Crippen LogP) is 4.19. The summed E-state index contributed by atoms with van der Waals surface area (Å²) >= 11 is 7.41. The predicted molar refractivity (Wildman–Crippen MR) is 95.3 cm³/mol. The van der Waals surface area contributed by atoms with Crippen molar-refractivity contribution >= 4 is 28.8 Å². The molecule has 0 aliphatic carbocycles. The molecule has 0 saturated carbocycles. The Labute approximate surface area is 153 Å². The lowest BCUT2D eigenvalue weighted by molar-refractivity contribution is -0.131. The van der Waals surface area contributed by atoms with E-state index in [-0.39, 0.29) is 12.3 Å². The normalized spacial score (nSPS) is 10.8. The highest BCUT2D eigenvalue weighted by Gasteiger charge is 2.17. The quantitative estimate of drug-likeness (QED) is 0.550. The van der Waals surface area contributed by atoms with Gasteiger partial charge in [0.15, 0.2) is 5.76 Å². The van der Waals surface area contributed by atoms with E-state index in [1.165, 1.54) is 11.3 Å². The van der Waals surface area contributed by atoms with Crippen molar-refractivity contribution in [1.82, 2.24) is 15.0 Å². The van der Waals surface area contributed by atoms with E-state index in [9.17, 15) is 4.79 Å². The summed E-state index contributed by atoms with van der Waals surface area (Å²) in [4.78, 5) is 19.5. The molecule has 0 N–H and O–H groups in total. The Kier molecular flexibility index (Phi) is 5.67. The number of carbonyl (C=O) groups is 1. The van der Waals surface area contributed by atoms with Crippen molar-refractivity contribution in [3.63, 3.8) is 0 Å². The van der Waals surface area contributed by atoms with Gasteiger partial charge >= 0.3 is 0 Å². The van der Waals surface area contributed by atoms with E-state index in [0.717, 1.165) is 4.88 Å². The van der Waals surface area contributed by atoms with Gasteiger partial charge in [-0.3, -0.25) is 4.79 Å². The molecule has 3 rings (SSSR count). The molecule has 0 fully saturated rings. The molecule has 3 heterocycles. The fourth-order valence-electron chi connectivity index (χ4n) is 2.27. The minimum Gasteiger partial charge on any atom is -0.461 e. The van der Waals surface area contributed by atoms with E-state index in [1.54, 1.807) is 29.4 Å².